The van der Waals surface area contributed by atoms with Crippen LogP contribution in [0.15, 0.2) is 6.20 Å². The Balaban J connectivity index is 2.14. The summed E-state index contributed by atoms with van der Waals surface area (Å²) in [6.07, 6.45) is 3.49. The first kappa shape index (κ1) is 14.5. The molecule has 0 radical (unpaired) electrons. The fraction of sp³-hybridized carbons (Fsp3) is 0.714. The number of nitrogens with zero attached hydrogens (tertiary/aromatic N) is 2. The van der Waals surface area contributed by atoms with Crippen molar-refractivity contribution in [2.45, 2.75) is 58.0 Å². The molecule has 1 aromatic rings. The zero-order chi connectivity index (χ0) is 14.2. The summed E-state index contributed by atoms with van der Waals surface area (Å²) in [5.41, 5.74) is 5.94. The molecule has 0 bridgehead atoms. The second-order valence-electron chi connectivity index (χ2n) is 6.41. The minimum Gasteiger partial charge on any atom is -0.335 e. The fourth-order valence-electron chi connectivity index (χ4n) is 2.37. The van der Waals surface area contributed by atoms with Gasteiger partial charge >= 0.3 is 0 Å². The van der Waals surface area contributed by atoms with Crippen molar-refractivity contribution in [1.29, 1.82) is 0 Å². The Hall–Kier alpha value is -0.940. The standard InChI is InChI=1S/C14H23N3OS/c1-9-7-10(15)5-6-17(9)12(18)11-8-16-13(19-11)14(2,3)4/h8-10H,5-7,15H2,1-4H3/t9-,10-/m1/s1. The van der Waals surface area contributed by atoms with Crippen molar-refractivity contribution in [3.05, 3.63) is 16.1 Å². The monoisotopic (exact) mass is 281 g/mol. The molecule has 2 heterocycles. The van der Waals surface area contributed by atoms with Crippen LogP contribution in [-0.2, 0) is 5.41 Å². The summed E-state index contributed by atoms with van der Waals surface area (Å²) < 4.78 is 0. The number of carbonyl (C=O) groups excluding carboxylic acids is 1. The second kappa shape index (κ2) is 5.21. The van der Waals surface area contributed by atoms with E-state index in [0.717, 1.165) is 29.3 Å². The zero-order valence-corrected chi connectivity index (χ0v) is 13.0. The van der Waals surface area contributed by atoms with Crippen molar-refractivity contribution >= 4 is 17.2 Å². The van der Waals surface area contributed by atoms with Gasteiger partial charge in [-0.05, 0) is 19.8 Å². The van der Waals surface area contributed by atoms with Crippen LogP contribution in [0.5, 0.6) is 0 Å². The Labute approximate surface area is 119 Å². The number of likely N-dealkylation sites (tertiary alicyclic amines) is 1. The van der Waals surface area contributed by atoms with E-state index in [1.807, 2.05) is 4.90 Å². The third kappa shape index (κ3) is 3.15. The minimum absolute atomic E-state index is 0.000928. The van der Waals surface area contributed by atoms with Crippen molar-refractivity contribution in [1.82, 2.24) is 9.88 Å². The normalized spacial score (nSPS) is 24.6. The molecule has 106 valence electrons. The van der Waals surface area contributed by atoms with Gasteiger partial charge in [0.2, 0.25) is 0 Å². The van der Waals surface area contributed by atoms with E-state index in [4.69, 9.17) is 5.73 Å². The van der Waals surface area contributed by atoms with E-state index in [1.54, 1.807) is 6.20 Å². The topological polar surface area (TPSA) is 59.2 Å². The molecular weight excluding hydrogens is 258 g/mol. The van der Waals surface area contributed by atoms with Gasteiger partial charge < -0.3 is 10.6 Å². The summed E-state index contributed by atoms with van der Waals surface area (Å²) in [5, 5.41) is 1.01. The SMILES string of the molecule is C[C@@H]1C[C@H](N)CCN1C(=O)c1cnc(C(C)(C)C)s1. The van der Waals surface area contributed by atoms with Crippen LogP contribution < -0.4 is 5.73 Å². The molecular formula is C14H23N3OS. The van der Waals surface area contributed by atoms with Crippen molar-refractivity contribution in [3.63, 3.8) is 0 Å². The van der Waals surface area contributed by atoms with Crippen molar-refractivity contribution in [2.75, 3.05) is 6.54 Å². The van der Waals surface area contributed by atoms with Crippen molar-refractivity contribution in [2.24, 2.45) is 5.73 Å². The molecule has 2 rings (SSSR count). The first-order chi connectivity index (χ1) is 8.79. The van der Waals surface area contributed by atoms with Crippen LogP contribution in [0, 0.1) is 0 Å². The summed E-state index contributed by atoms with van der Waals surface area (Å²) in [6.45, 7) is 9.17. The van der Waals surface area contributed by atoms with Crippen LogP contribution in [0.3, 0.4) is 0 Å². The maximum atomic E-state index is 12.5. The van der Waals surface area contributed by atoms with Gasteiger partial charge in [0.15, 0.2) is 0 Å². The van der Waals surface area contributed by atoms with E-state index in [2.05, 4.69) is 32.7 Å². The number of amides is 1. The summed E-state index contributed by atoms with van der Waals surface area (Å²) in [6, 6.07) is 0.446. The second-order valence-corrected chi connectivity index (χ2v) is 7.44. The van der Waals surface area contributed by atoms with E-state index >= 15 is 0 Å². The fourth-order valence-corrected chi connectivity index (χ4v) is 3.30. The van der Waals surface area contributed by atoms with Crippen molar-refractivity contribution in [3.8, 4) is 0 Å². The van der Waals surface area contributed by atoms with Gasteiger partial charge in [0, 0.05) is 24.0 Å². The number of rotatable bonds is 1. The van der Waals surface area contributed by atoms with Gasteiger partial charge in [-0.1, -0.05) is 20.8 Å². The predicted octanol–water partition coefficient (Wildman–Crippen LogP) is 2.39. The number of hydrogen-bond donors (Lipinski definition) is 1. The number of aromatic nitrogens is 1. The van der Waals surface area contributed by atoms with Crippen molar-refractivity contribution < 1.29 is 4.79 Å². The van der Waals surface area contributed by atoms with Crippen LogP contribution >= 0.6 is 11.3 Å². The lowest BCUT2D eigenvalue weighted by Gasteiger charge is -2.36. The molecule has 4 nitrogen and oxygen atoms in total. The molecule has 0 spiro atoms. The molecule has 0 aliphatic carbocycles. The lowest BCUT2D eigenvalue weighted by Crippen LogP contribution is -2.48. The van der Waals surface area contributed by atoms with Gasteiger partial charge in [-0.3, -0.25) is 4.79 Å². The van der Waals surface area contributed by atoms with Gasteiger partial charge in [0.05, 0.1) is 11.2 Å². The van der Waals surface area contributed by atoms with Crippen LogP contribution in [-0.4, -0.2) is 34.4 Å². The van der Waals surface area contributed by atoms with Crippen LogP contribution in [0.1, 0.15) is 55.2 Å². The first-order valence-electron chi connectivity index (χ1n) is 6.82. The van der Waals surface area contributed by atoms with E-state index in [1.165, 1.54) is 11.3 Å². The highest BCUT2D eigenvalue weighted by molar-refractivity contribution is 7.13. The highest BCUT2D eigenvalue weighted by Gasteiger charge is 2.29. The lowest BCUT2D eigenvalue weighted by atomic mass is 9.98. The Bertz CT molecular complexity index is 464. The maximum Gasteiger partial charge on any atom is 0.265 e. The summed E-state index contributed by atoms with van der Waals surface area (Å²) in [5.74, 6) is 0.104. The molecule has 1 aliphatic rings. The van der Waals surface area contributed by atoms with Gasteiger partial charge in [-0.15, -0.1) is 11.3 Å². The van der Waals surface area contributed by atoms with E-state index in [-0.39, 0.29) is 23.4 Å². The number of carbonyl (C=O) groups is 1. The summed E-state index contributed by atoms with van der Waals surface area (Å²) >= 11 is 1.51. The summed E-state index contributed by atoms with van der Waals surface area (Å²) in [7, 11) is 0. The Kier molecular flexibility index (Phi) is 3.97. The van der Waals surface area contributed by atoms with E-state index in [0.29, 0.717) is 0 Å². The lowest BCUT2D eigenvalue weighted by molar-refractivity contribution is 0.0624. The van der Waals surface area contributed by atoms with E-state index < -0.39 is 0 Å². The molecule has 19 heavy (non-hydrogen) atoms. The molecule has 1 aromatic heterocycles. The number of hydrogen-bond acceptors (Lipinski definition) is 4. The zero-order valence-electron chi connectivity index (χ0n) is 12.1. The molecule has 1 saturated heterocycles. The largest absolute Gasteiger partial charge is 0.335 e. The highest BCUT2D eigenvalue weighted by atomic mass is 32.1. The molecule has 0 saturated carbocycles. The van der Waals surface area contributed by atoms with E-state index in [9.17, 15) is 4.79 Å². The molecule has 0 unspecified atom stereocenters. The van der Waals surface area contributed by atoms with Gasteiger partial charge in [0.1, 0.15) is 4.88 Å². The number of piperidine rings is 1. The molecule has 5 heteroatoms. The Morgan fingerprint density at radius 2 is 2.21 bits per heavy atom. The van der Waals surface area contributed by atoms with Crippen LogP contribution in [0.25, 0.3) is 0 Å². The Morgan fingerprint density at radius 3 is 2.74 bits per heavy atom. The van der Waals surface area contributed by atoms with Crippen LogP contribution in [0.4, 0.5) is 0 Å². The highest BCUT2D eigenvalue weighted by Crippen LogP contribution is 2.28. The third-order valence-electron chi connectivity index (χ3n) is 3.54. The molecule has 0 aromatic carbocycles. The molecule has 1 fully saturated rings. The molecule has 2 N–H and O–H groups in total. The number of nitrogens with two attached hydrogens (primary N) is 1. The van der Waals surface area contributed by atoms with Crippen LogP contribution in [0.2, 0.25) is 0 Å². The molecule has 1 amide bonds. The molecule has 2 atom stereocenters. The Morgan fingerprint density at radius 1 is 1.53 bits per heavy atom. The van der Waals surface area contributed by atoms with Gasteiger partial charge in [-0.25, -0.2) is 4.98 Å². The van der Waals surface area contributed by atoms with Gasteiger partial charge in [0.25, 0.3) is 5.91 Å². The van der Waals surface area contributed by atoms with Gasteiger partial charge in [-0.2, -0.15) is 0 Å². The average Bonchev–Trinajstić information content (AvgIpc) is 2.76. The third-order valence-corrected chi connectivity index (χ3v) is 4.95. The smallest absolute Gasteiger partial charge is 0.265 e. The average molecular weight is 281 g/mol. The first-order valence-corrected chi connectivity index (χ1v) is 7.63. The summed E-state index contributed by atoms with van der Waals surface area (Å²) in [4.78, 5) is 19.6. The maximum absolute atomic E-state index is 12.5. The predicted molar refractivity (Wildman–Crippen MR) is 78.5 cm³/mol. The molecule has 1 aliphatic heterocycles. The quantitative estimate of drug-likeness (QED) is 0.860. The number of thiazole rings is 1. The minimum atomic E-state index is -0.000928.